The van der Waals surface area contributed by atoms with Gasteiger partial charge in [0.2, 0.25) is 5.91 Å². The average Bonchev–Trinajstić information content (AvgIpc) is 2.36. The predicted octanol–water partition coefficient (Wildman–Crippen LogP) is 3.16. The van der Waals surface area contributed by atoms with Crippen molar-refractivity contribution in [2.75, 3.05) is 5.32 Å². The Morgan fingerprint density at radius 2 is 1.88 bits per heavy atom. The number of nitrogens with one attached hydrogen (secondary N) is 1. The monoisotopic (exact) mass is 229 g/mol. The number of carbonyl (C=O) groups is 1. The number of para-hydroxylation sites is 1. The smallest absolute Gasteiger partial charge is 0.225 e. The van der Waals surface area contributed by atoms with Crippen LogP contribution in [0.5, 0.6) is 0 Å². The Morgan fingerprint density at radius 1 is 1.29 bits per heavy atom. The third kappa shape index (κ3) is 3.64. The van der Waals surface area contributed by atoms with Crippen LogP contribution in [0.15, 0.2) is 18.2 Å². The Balaban J connectivity index is 2.88. The maximum Gasteiger partial charge on any atom is 0.225 e. The van der Waals surface area contributed by atoms with E-state index in [1.807, 2.05) is 6.07 Å². The van der Waals surface area contributed by atoms with Gasteiger partial charge in [0.25, 0.3) is 0 Å². The first-order valence-corrected chi connectivity index (χ1v) is 6.07. The van der Waals surface area contributed by atoms with Crippen molar-refractivity contribution in [1.29, 1.82) is 0 Å². The van der Waals surface area contributed by atoms with Crippen molar-refractivity contribution >= 4 is 11.6 Å². The van der Waals surface area contributed by atoms with Gasteiger partial charge in [-0.1, -0.05) is 32.0 Å². The van der Waals surface area contributed by atoms with Crippen molar-refractivity contribution in [3.8, 4) is 12.3 Å². The zero-order chi connectivity index (χ0) is 12.7. The molecule has 1 amide bonds. The molecule has 0 aromatic heterocycles. The highest BCUT2D eigenvalue weighted by atomic mass is 16.1. The first-order valence-electron chi connectivity index (χ1n) is 6.07. The molecule has 2 nitrogen and oxygen atoms in total. The van der Waals surface area contributed by atoms with E-state index in [2.05, 4.69) is 37.2 Å². The first-order chi connectivity index (χ1) is 8.22. The molecule has 1 N–H and O–H groups in total. The molecule has 1 aromatic carbocycles. The summed E-state index contributed by atoms with van der Waals surface area (Å²) < 4.78 is 0. The molecule has 0 saturated carbocycles. The molecule has 1 aromatic rings. The molecular formula is C15H19NO. The standard InChI is InChI=1S/C15H19NO/c1-4-7-11-14(17)16-15-12(5-2)9-8-10-13(15)6-3/h1,8-10H,5-7,11H2,2-3H3,(H,16,17). The maximum atomic E-state index is 11.7. The number of aryl methyl sites for hydroxylation is 2. The number of anilines is 1. The van der Waals surface area contributed by atoms with Gasteiger partial charge in [-0.2, -0.15) is 0 Å². The van der Waals surface area contributed by atoms with Crippen molar-refractivity contribution in [3.63, 3.8) is 0 Å². The van der Waals surface area contributed by atoms with E-state index in [1.165, 1.54) is 11.1 Å². The number of amides is 1. The first kappa shape index (κ1) is 13.3. The van der Waals surface area contributed by atoms with Crippen molar-refractivity contribution in [1.82, 2.24) is 0 Å². The van der Waals surface area contributed by atoms with Crippen LogP contribution < -0.4 is 5.32 Å². The molecular weight excluding hydrogens is 210 g/mol. The van der Waals surface area contributed by atoms with Gasteiger partial charge in [0.1, 0.15) is 0 Å². The zero-order valence-electron chi connectivity index (χ0n) is 10.5. The number of benzene rings is 1. The number of terminal acetylenes is 1. The molecule has 17 heavy (non-hydrogen) atoms. The third-order valence-corrected chi connectivity index (χ3v) is 2.76. The molecule has 0 saturated heterocycles. The van der Waals surface area contributed by atoms with Crippen LogP contribution in [0.3, 0.4) is 0 Å². The molecule has 0 aliphatic heterocycles. The van der Waals surface area contributed by atoms with E-state index >= 15 is 0 Å². The second kappa shape index (κ2) is 6.75. The fraction of sp³-hybridized carbons (Fsp3) is 0.400. The molecule has 0 atom stereocenters. The minimum atomic E-state index is -0.00134. The van der Waals surface area contributed by atoms with Gasteiger partial charge < -0.3 is 5.32 Å². The summed E-state index contributed by atoms with van der Waals surface area (Å²) in [6.45, 7) is 4.18. The highest BCUT2D eigenvalue weighted by Crippen LogP contribution is 2.22. The lowest BCUT2D eigenvalue weighted by molar-refractivity contribution is -0.116. The summed E-state index contributed by atoms with van der Waals surface area (Å²) in [6, 6.07) is 6.14. The summed E-state index contributed by atoms with van der Waals surface area (Å²) >= 11 is 0. The second-order valence-corrected chi connectivity index (χ2v) is 3.91. The van der Waals surface area contributed by atoms with Crippen LogP contribution in [0.1, 0.15) is 37.8 Å². The Bertz CT molecular complexity index is 407. The van der Waals surface area contributed by atoms with E-state index in [-0.39, 0.29) is 5.91 Å². The largest absolute Gasteiger partial charge is 0.326 e. The van der Waals surface area contributed by atoms with Crippen LogP contribution in [-0.4, -0.2) is 5.91 Å². The van der Waals surface area contributed by atoms with Crippen LogP contribution in [0.25, 0.3) is 0 Å². The highest BCUT2D eigenvalue weighted by molar-refractivity contribution is 5.92. The molecule has 0 aliphatic rings. The summed E-state index contributed by atoms with van der Waals surface area (Å²) in [5.41, 5.74) is 3.33. The molecule has 0 spiro atoms. The maximum absolute atomic E-state index is 11.7. The fourth-order valence-corrected chi connectivity index (χ4v) is 1.79. The highest BCUT2D eigenvalue weighted by Gasteiger charge is 2.09. The molecule has 0 heterocycles. The van der Waals surface area contributed by atoms with Gasteiger partial charge in [-0.3, -0.25) is 4.79 Å². The fourth-order valence-electron chi connectivity index (χ4n) is 1.79. The van der Waals surface area contributed by atoms with Crippen molar-refractivity contribution in [2.24, 2.45) is 0 Å². The van der Waals surface area contributed by atoms with E-state index in [0.717, 1.165) is 18.5 Å². The molecule has 0 aliphatic carbocycles. The summed E-state index contributed by atoms with van der Waals surface area (Å²) in [5, 5.41) is 2.98. The Hall–Kier alpha value is -1.75. The Morgan fingerprint density at radius 3 is 2.35 bits per heavy atom. The molecule has 0 radical (unpaired) electrons. The van der Waals surface area contributed by atoms with Gasteiger partial charge in [-0.25, -0.2) is 0 Å². The molecule has 2 heteroatoms. The van der Waals surface area contributed by atoms with Crippen LogP contribution >= 0.6 is 0 Å². The SMILES string of the molecule is C#CCCC(=O)Nc1c(CC)cccc1CC. The van der Waals surface area contributed by atoms with Crippen LogP contribution in [0.2, 0.25) is 0 Å². The molecule has 1 rings (SSSR count). The normalized spacial score (nSPS) is 9.71. The van der Waals surface area contributed by atoms with E-state index in [4.69, 9.17) is 6.42 Å². The minimum Gasteiger partial charge on any atom is -0.326 e. The lowest BCUT2D eigenvalue weighted by atomic mass is 10.0. The molecule has 0 fully saturated rings. The number of rotatable bonds is 5. The van der Waals surface area contributed by atoms with E-state index in [0.29, 0.717) is 12.8 Å². The zero-order valence-corrected chi connectivity index (χ0v) is 10.5. The average molecular weight is 229 g/mol. The lowest BCUT2D eigenvalue weighted by Crippen LogP contribution is -2.14. The molecule has 0 unspecified atom stereocenters. The van der Waals surface area contributed by atoms with Gasteiger partial charge in [-0.15, -0.1) is 12.3 Å². The molecule has 90 valence electrons. The summed E-state index contributed by atoms with van der Waals surface area (Å²) in [5.74, 6) is 2.48. The molecule has 0 bridgehead atoms. The number of hydrogen-bond acceptors (Lipinski definition) is 1. The number of carbonyl (C=O) groups excluding carboxylic acids is 1. The topological polar surface area (TPSA) is 29.1 Å². The lowest BCUT2D eigenvalue weighted by Gasteiger charge is -2.13. The van der Waals surface area contributed by atoms with Crippen molar-refractivity contribution in [2.45, 2.75) is 39.5 Å². The van der Waals surface area contributed by atoms with E-state index in [9.17, 15) is 4.79 Å². The van der Waals surface area contributed by atoms with E-state index < -0.39 is 0 Å². The van der Waals surface area contributed by atoms with Crippen molar-refractivity contribution < 1.29 is 4.79 Å². The van der Waals surface area contributed by atoms with Gasteiger partial charge in [-0.05, 0) is 24.0 Å². The van der Waals surface area contributed by atoms with Gasteiger partial charge in [0.15, 0.2) is 0 Å². The predicted molar refractivity (Wildman–Crippen MR) is 71.9 cm³/mol. The van der Waals surface area contributed by atoms with Crippen molar-refractivity contribution in [3.05, 3.63) is 29.3 Å². The van der Waals surface area contributed by atoms with Gasteiger partial charge >= 0.3 is 0 Å². The minimum absolute atomic E-state index is 0.00134. The summed E-state index contributed by atoms with van der Waals surface area (Å²) in [6.07, 6.45) is 7.86. The van der Waals surface area contributed by atoms with Gasteiger partial charge in [0.05, 0.1) is 0 Å². The van der Waals surface area contributed by atoms with E-state index in [1.54, 1.807) is 0 Å². The van der Waals surface area contributed by atoms with Crippen LogP contribution in [0, 0.1) is 12.3 Å². The van der Waals surface area contributed by atoms with Gasteiger partial charge in [0, 0.05) is 18.5 Å². The Kier molecular flexibility index (Phi) is 5.29. The summed E-state index contributed by atoms with van der Waals surface area (Å²) in [7, 11) is 0. The number of hydrogen-bond donors (Lipinski definition) is 1. The van der Waals surface area contributed by atoms with Crippen LogP contribution in [0.4, 0.5) is 5.69 Å². The third-order valence-electron chi connectivity index (χ3n) is 2.76. The van der Waals surface area contributed by atoms with Crippen LogP contribution in [-0.2, 0) is 17.6 Å². The second-order valence-electron chi connectivity index (χ2n) is 3.91. The quantitative estimate of drug-likeness (QED) is 0.772. The Labute approximate surface area is 103 Å². The summed E-state index contributed by atoms with van der Waals surface area (Å²) in [4.78, 5) is 11.7.